The summed E-state index contributed by atoms with van der Waals surface area (Å²) in [4.78, 5) is 24.2. The number of rotatable bonds is 4. The molecule has 0 aliphatic heterocycles. The number of Topliss-reactive ketones (excluding diaryl/α,β-unsaturated/α-hetero) is 1. The van der Waals surface area contributed by atoms with Crippen LogP contribution in [0.3, 0.4) is 0 Å². The van der Waals surface area contributed by atoms with Crippen LogP contribution in [0.25, 0.3) is 5.69 Å². The first kappa shape index (κ1) is 14.8. The summed E-state index contributed by atoms with van der Waals surface area (Å²) in [6.07, 6.45) is 0. The maximum absolute atomic E-state index is 13.6. The Hall–Kier alpha value is -3.16. The van der Waals surface area contributed by atoms with E-state index < -0.39 is 35.2 Å². The predicted molar refractivity (Wildman–Crippen MR) is 76.3 cm³/mol. The van der Waals surface area contributed by atoms with Gasteiger partial charge in [0.15, 0.2) is 5.78 Å². The number of halogens is 2. The molecular formula is C15H10F2N4O2. The van der Waals surface area contributed by atoms with E-state index in [0.29, 0.717) is 5.69 Å². The van der Waals surface area contributed by atoms with Crippen LogP contribution in [0.4, 0.5) is 8.78 Å². The fourth-order valence-electron chi connectivity index (χ4n) is 2.04. The van der Waals surface area contributed by atoms with Crippen LogP contribution in [0.1, 0.15) is 10.4 Å². The van der Waals surface area contributed by atoms with Gasteiger partial charge in [0.1, 0.15) is 18.2 Å². The quantitative estimate of drug-likeness (QED) is 0.685. The largest absolute Gasteiger partial charge is 0.368 e. The summed E-state index contributed by atoms with van der Waals surface area (Å²) in [6, 6.07) is 11.0. The molecule has 2 aromatic carbocycles. The molecule has 0 amide bonds. The first-order valence-electron chi connectivity index (χ1n) is 6.63. The molecule has 116 valence electrons. The lowest BCUT2D eigenvalue weighted by Crippen LogP contribution is -2.27. The summed E-state index contributed by atoms with van der Waals surface area (Å²) < 4.78 is 28.5. The minimum absolute atomic E-state index is 0.439. The number of hydrogen-bond donors (Lipinski definition) is 0. The molecule has 3 rings (SSSR count). The van der Waals surface area contributed by atoms with Gasteiger partial charge in [-0.05, 0) is 40.8 Å². The van der Waals surface area contributed by atoms with E-state index in [1.807, 2.05) is 0 Å². The number of hydrogen-bond acceptors (Lipinski definition) is 4. The molecule has 0 fully saturated rings. The van der Waals surface area contributed by atoms with Gasteiger partial charge in [-0.1, -0.05) is 18.2 Å². The highest BCUT2D eigenvalue weighted by atomic mass is 19.1. The highest BCUT2D eigenvalue weighted by Crippen LogP contribution is 2.11. The fraction of sp³-hybridized carbons (Fsp3) is 0.0667. The second kappa shape index (κ2) is 5.91. The van der Waals surface area contributed by atoms with Crippen molar-refractivity contribution in [2.45, 2.75) is 6.54 Å². The zero-order valence-electron chi connectivity index (χ0n) is 11.7. The van der Waals surface area contributed by atoms with Gasteiger partial charge in [0, 0.05) is 0 Å². The summed E-state index contributed by atoms with van der Waals surface area (Å²) in [5, 5.41) is 7.26. The molecule has 6 nitrogen and oxygen atoms in total. The third-order valence-electron chi connectivity index (χ3n) is 3.16. The van der Waals surface area contributed by atoms with Crippen LogP contribution in [0.2, 0.25) is 0 Å². The lowest BCUT2D eigenvalue weighted by atomic mass is 10.1. The molecule has 0 radical (unpaired) electrons. The molecule has 0 atom stereocenters. The van der Waals surface area contributed by atoms with Crippen molar-refractivity contribution in [2.24, 2.45) is 0 Å². The highest BCUT2D eigenvalue weighted by Gasteiger charge is 2.17. The Bertz CT molecular complexity index is 919. The van der Waals surface area contributed by atoms with Gasteiger partial charge in [0.25, 0.3) is 0 Å². The van der Waals surface area contributed by atoms with Gasteiger partial charge < -0.3 is 0 Å². The van der Waals surface area contributed by atoms with E-state index in [1.165, 1.54) is 0 Å². The lowest BCUT2D eigenvalue weighted by molar-refractivity contribution is 0.0961. The maximum atomic E-state index is 13.6. The van der Waals surface area contributed by atoms with Crippen LogP contribution >= 0.6 is 0 Å². The number of ketones is 1. The van der Waals surface area contributed by atoms with Crippen LogP contribution in [0.15, 0.2) is 53.3 Å². The SMILES string of the molecule is O=C(Cn1nnn(-c2ccccc2)c1=O)c1cc(F)ccc1F. The van der Waals surface area contributed by atoms with Crippen LogP contribution in [-0.4, -0.2) is 25.6 Å². The summed E-state index contributed by atoms with van der Waals surface area (Å²) in [5.41, 5.74) is -0.611. The molecule has 8 heteroatoms. The molecule has 1 aromatic heterocycles. The molecular weight excluding hydrogens is 306 g/mol. The molecule has 0 aliphatic rings. The van der Waals surface area contributed by atoms with Crippen LogP contribution < -0.4 is 5.69 Å². The van der Waals surface area contributed by atoms with Gasteiger partial charge in [0.2, 0.25) is 0 Å². The molecule has 0 N–H and O–H groups in total. The smallest absolute Gasteiger partial charge is 0.292 e. The number of carbonyl (C=O) groups is 1. The van der Waals surface area contributed by atoms with E-state index in [4.69, 9.17) is 0 Å². The summed E-state index contributed by atoms with van der Waals surface area (Å²) in [6.45, 7) is -0.536. The summed E-state index contributed by atoms with van der Waals surface area (Å²) in [7, 11) is 0. The number of carbonyl (C=O) groups excluding carboxylic acids is 1. The molecule has 3 aromatic rings. The van der Waals surface area contributed by atoms with Crippen molar-refractivity contribution in [3.8, 4) is 5.69 Å². The lowest BCUT2D eigenvalue weighted by Gasteiger charge is -2.02. The van der Waals surface area contributed by atoms with Gasteiger partial charge in [-0.3, -0.25) is 4.79 Å². The Morgan fingerprint density at radius 3 is 2.52 bits per heavy atom. The van der Waals surface area contributed by atoms with E-state index >= 15 is 0 Å². The van der Waals surface area contributed by atoms with Crippen molar-refractivity contribution in [1.82, 2.24) is 19.8 Å². The third-order valence-corrected chi connectivity index (χ3v) is 3.16. The average molecular weight is 316 g/mol. The molecule has 0 spiro atoms. The average Bonchev–Trinajstić information content (AvgIpc) is 2.91. The Balaban J connectivity index is 1.90. The van der Waals surface area contributed by atoms with Crippen LogP contribution in [0.5, 0.6) is 0 Å². The van der Waals surface area contributed by atoms with Crippen LogP contribution in [-0.2, 0) is 6.54 Å². The van der Waals surface area contributed by atoms with E-state index in [1.54, 1.807) is 30.3 Å². The maximum Gasteiger partial charge on any atom is 0.368 e. The highest BCUT2D eigenvalue weighted by molar-refractivity contribution is 5.96. The van der Waals surface area contributed by atoms with Gasteiger partial charge in [-0.15, -0.1) is 0 Å². The molecule has 0 bridgehead atoms. The molecule has 0 aliphatic carbocycles. The van der Waals surface area contributed by atoms with E-state index in [0.717, 1.165) is 27.6 Å². The zero-order valence-corrected chi connectivity index (χ0v) is 11.7. The number of benzene rings is 2. The minimum atomic E-state index is -0.861. The first-order valence-corrected chi connectivity index (χ1v) is 6.63. The fourth-order valence-corrected chi connectivity index (χ4v) is 2.04. The molecule has 1 heterocycles. The molecule has 0 unspecified atom stereocenters. The van der Waals surface area contributed by atoms with Gasteiger partial charge in [-0.25, -0.2) is 13.6 Å². The number of tetrazole rings is 1. The van der Waals surface area contributed by atoms with Crippen molar-refractivity contribution in [3.63, 3.8) is 0 Å². The second-order valence-electron chi connectivity index (χ2n) is 4.71. The third kappa shape index (κ3) is 2.91. The summed E-state index contributed by atoms with van der Waals surface area (Å²) >= 11 is 0. The molecule has 0 saturated heterocycles. The van der Waals surface area contributed by atoms with Gasteiger partial charge in [-0.2, -0.15) is 9.36 Å². The minimum Gasteiger partial charge on any atom is -0.292 e. The van der Waals surface area contributed by atoms with Crippen LogP contribution in [0, 0.1) is 11.6 Å². The van der Waals surface area contributed by atoms with Crippen molar-refractivity contribution in [2.75, 3.05) is 0 Å². The molecule has 0 saturated carbocycles. The van der Waals surface area contributed by atoms with Crippen molar-refractivity contribution in [1.29, 1.82) is 0 Å². The number of aromatic nitrogens is 4. The Morgan fingerprint density at radius 1 is 1.04 bits per heavy atom. The topological polar surface area (TPSA) is 69.8 Å². The van der Waals surface area contributed by atoms with Gasteiger partial charge >= 0.3 is 5.69 Å². The molecule has 23 heavy (non-hydrogen) atoms. The Kier molecular flexibility index (Phi) is 3.80. The standard InChI is InChI=1S/C15H10F2N4O2/c16-10-6-7-13(17)12(8-10)14(22)9-20-15(23)21(19-18-20)11-4-2-1-3-5-11/h1-8H,9H2. The van der Waals surface area contributed by atoms with Crippen molar-refractivity contribution in [3.05, 3.63) is 76.2 Å². The predicted octanol–water partition coefficient (Wildman–Crippen LogP) is 1.59. The zero-order chi connectivity index (χ0) is 16.4. The number of nitrogens with zero attached hydrogens (tertiary/aromatic N) is 4. The second-order valence-corrected chi connectivity index (χ2v) is 4.71. The van der Waals surface area contributed by atoms with E-state index in [-0.39, 0.29) is 0 Å². The van der Waals surface area contributed by atoms with Crippen molar-refractivity contribution < 1.29 is 13.6 Å². The monoisotopic (exact) mass is 316 g/mol. The van der Waals surface area contributed by atoms with E-state index in [2.05, 4.69) is 10.4 Å². The van der Waals surface area contributed by atoms with E-state index in [9.17, 15) is 18.4 Å². The Labute approximate surface area is 128 Å². The Morgan fingerprint density at radius 2 is 1.78 bits per heavy atom. The summed E-state index contributed by atoms with van der Waals surface area (Å²) in [5.74, 6) is -2.38. The number of para-hydroxylation sites is 1. The van der Waals surface area contributed by atoms with Crippen molar-refractivity contribution >= 4 is 5.78 Å². The first-order chi connectivity index (χ1) is 11.1. The van der Waals surface area contributed by atoms with Gasteiger partial charge in [0.05, 0.1) is 11.3 Å². The normalized spacial score (nSPS) is 10.7.